The molecule has 0 radical (unpaired) electrons. The van der Waals surface area contributed by atoms with Gasteiger partial charge in [0.2, 0.25) is 5.91 Å². The summed E-state index contributed by atoms with van der Waals surface area (Å²) in [6, 6.07) is 25.4. The third-order valence-electron chi connectivity index (χ3n) is 3.85. The maximum Gasteiger partial charge on any atom is 0.248 e. The van der Waals surface area contributed by atoms with Crippen LogP contribution in [0.2, 0.25) is 0 Å². The van der Waals surface area contributed by atoms with Gasteiger partial charge in [0.05, 0.1) is 0 Å². The number of hydrogen-bond acceptors (Lipinski definition) is 2. The van der Waals surface area contributed by atoms with Crippen molar-refractivity contribution in [2.24, 2.45) is 0 Å². The smallest absolute Gasteiger partial charge is 0.248 e. The molecule has 0 aliphatic heterocycles. The van der Waals surface area contributed by atoms with E-state index in [4.69, 9.17) is 4.74 Å². The maximum absolute atomic E-state index is 12.0. The largest absolute Gasteiger partial charge is 0.489 e. The lowest BCUT2D eigenvalue weighted by molar-refractivity contribution is -0.111. The Morgan fingerprint density at radius 1 is 0.962 bits per heavy atom. The highest BCUT2D eigenvalue weighted by atomic mass is 16.5. The Balaban J connectivity index is 1.58. The molecule has 3 heteroatoms. The van der Waals surface area contributed by atoms with Crippen molar-refractivity contribution in [3.05, 3.63) is 102 Å². The van der Waals surface area contributed by atoms with Gasteiger partial charge in [-0.25, -0.2) is 0 Å². The molecule has 26 heavy (non-hydrogen) atoms. The van der Waals surface area contributed by atoms with Crippen LogP contribution in [-0.4, -0.2) is 5.91 Å². The van der Waals surface area contributed by atoms with E-state index in [1.807, 2.05) is 85.8 Å². The quantitative estimate of drug-likeness (QED) is 0.623. The summed E-state index contributed by atoms with van der Waals surface area (Å²) in [6.07, 6.45) is 3.30. The molecule has 3 aromatic rings. The van der Waals surface area contributed by atoms with Gasteiger partial charge in [0.25, 0.3) is 0 Å². The van der Waals surface area contributed by atoms with Crippen molar-refractivity contribution in [2.45, 2.75) is 13.5 Å². The van der Waals surface area contributed by atoms with Crippen LogP contribution in [0, 0.1) is 6.92 Å². The summed E-state index contributed by atoms with van der Waals surface area (Å²) < 4.78 is 5.81. The van der Waals surface area contributed by atoms with Crippen molar-refractivity contribution < 1.29 is 9.53 Å². The lowest BCUT2D eigenvalue weighted by Crippen LogP contribution is -2.07. The molecule has 0 aliphatic carbocycles. The number of carbonyl (C=O) groups is 1. The van der Waals surface area contributed by atoms with Crippen molar-refractivity contribution in [2.75, 3.05) is 5.32 Å². The Morgan fingerprint density at radius 3 is 2.50 bits per heavy atom. The maximum atomic E-state index is 12.0. The lowest BCUT2D eigenvalue weighted by Gasteiger charge is -2.07. The average molecular weight is 343 g/mol. The Bertz CT molecular complexity index is 884. The van der Waals surface area contributed by atoms with Crippen LogP contribution in [0.4, 0.5) is 5.69 Å². The van der Waals surface area contributed by atoms with Crippen molar-refractivity contribution in [3.8, 4) is 5.75 Å². The SMILES string of the molecule is Cc1ccc(NC(=O)/C=C/c2cccc(OCc3ccccc3)c2)cc1. The minimum absolute atomic E-state index is 0.163. The number of anilines is 1. The number of hydrogen-bond donors (Lipinski definition) is 1. The summed E-state index contributed by atoms with van der Waals surface area (Å²) in [5.74, 6) is 0.611. The van der Waals surface area contributed by atoms with E-state index in [-0.39, 0.29) is 5.91 Å². The zero-order valence-corrected chi connectivity index (χ0v) is 14.7. The molecular formula is C23H21NO2. The van der Waals surface area contributed by atoms with Crippen molar-refractivity contribution in [3.63, 3.8) is 0 Å². The zero-order valence-electron chi connectivity index (χ0n) is 14.7. The predicted octanol–water partition coefficient (Wildman–Crippen LogP) is 5.23. The molecule has 0 spiro atoms. The Labute approximate surface area is 154 Å². The van der Waals surface area contributed by atoms with Crippen molar-refractivity contribution in [1.82, 2.24) is 0 Å². The molecule has 0 fully saturated rings. The highest BCUT2D eigenvalue weighted by molar-refractivity contribution is 6.01. The zero-order chi connectivity index (χ0) is 18.2. The van der Waals surface area contributed by atoms with Gasteiger partial charge in [-0.05, 0) is 48.4 Å². The fourth-order valence-electron chi connectivity index (χ4n) is 2.44. The molecular weight excluding hydrogens is 322 g/mol. The van der Waals surface area contributed by atoms with Crippen molar-refractivity contribution in [1.29, 1.82) is 0 Å². The van der Waals surface area contributed by atoms with E-state index < -0.39 is 0 Å². The number of aryl methyl sites for hydroxylation is 1. The first-order chi connectivity index (χ1) is 12.7. The molecule has 0 heterocycles. The molecule has 0 saturated carbocycles. The molecule has 1 amide bonds. The second kappa shape index (κ2) is 8.67. The van der Waals surface area contributed by atoms with Gasteiger partial charge in [-0.15, -0.1) is 0 Å². The molecule has 1 N–H and O–H groups in total. The lowest BCUT2D eigenvalue weighted by atomic mass is 10.2. The number of amides is 1. The van der Waals surface area contributed by atoms with Gasteiger partial charge in [0.15, 0.2) is 0 Å². The van der Waals surface area contributed by atoms with Crippen LogP contribution in [0.15, 0.2) is 84.9 Å². The van der Waals surface area contributed by atoms with Crippen LogP contribution < -0.4 is 10.1 Å². The van der Waals surface area contributed by atoms with Crippen LogP contribution in [0.25, 0.3) is 6.08 Å². The third kappa shape index (κ3) is 5.35. The number of benzene rings is 3. The van der Waals surface area contributed by atoms with Gasteiger partial charge in [0, 0.05) is 11.8 Å². The molecule has 0 unspecified atom stereocenters. The van der Waals surface area contributed by atoms with Gasteiger partial charge in [-0.1, -0.05) is 60.2 Å². The van der Waals surface area contributed by atoms with Crippen LogP contribution in [0.3, 0.4) is 0 Å². The van der Waals surface area contributed by atoms with E-state index in [0.29, 0.717) is 6.61 Å². The van der Waals surface area contributed by atoms with Gasteiger partial charge in [0.1, 0.15) is 12.4 Å². The number of carbonyl (C=O) groups excluding carboxylic acids is 1. The highest BCUT2D eigenvalue weighted by Crippen LogP contribution is 2.16. The monoisotopic (exact) mass is 343 g/mol. The number of rotatable bonds is 6. The van der Waals surface area contributed by atoms with E-state index >= 15 is 0 Å². The summed E-state index contributed by atoms with van der Waals surface area (Å²) in [6.45, 7) is 2.53. The predicted molar refractivity (Wildman–Crippen MR) is 106 cm³/mol. The van der Waals surface area contributed by atoms with Gasteiger partial charge < -0.3 is 10.1 Å². The second-order valence-corrected chi connectivity index (χ2v) is 6.04. The minimum atomic E-state index is -0.163. The Hall–Kier alpha value is -3.33. The van der Waals surface area contributed by atoms with Crippen LogP contribution in [0.1, 0.15) is 16.7 Å². The fraction of sp³-hybridized carbons (Fsp3) is 0.0870. The van der Waals surface area contributed by atoms with Gasteiger partial charge in [-0.3, -0.25) is 4.79 Å². The Morgan fingerprint density at radius 2 is 1.73 bits per heavy atom. The molecule has 0 aliphatic rings. The van der Waals surface area contributed by atoms with Gasteiger partial charge in [-0.2, -0.15) is 0 Å². The van der Waals surface area contributed by atoms with E-state index in [1.165, 1.54) is 6.08 Å². The molecule has 3 rings (SSSR count). The summed E-state index contributed by atoms with van der Waals surface area (Å²) >= 11 is 0. The molecule has 0 saturated heterocycles. The van der Waals surface area contributed by atoms with E-state index in [9.17, 15) is 4.79 Å². The van der Waals surface area contributed by atoms with E-state index in [0.717, 1.165) is 28.1 Å². The molecule has 130 valence electrons. The summed E-state index contributed by atoms with van der Waals surface area (Å²) in [7, 11) is 0. The number of ether oxygens (including phenoxy) is 1. The first-order valence-electron chi connectivity index (χ1n) is 8.51. The normalized spacial score (nSPS) is 10.7. The topological polar surface area (TPSA) is 38.3 Å². The van der Waals surface area contributed by atoms with E-state index in [2.05, 4.69) is 5.32 Å². The summed E-state index contributed by atoms with van der Waals surface area (Å²) in [5.41, 5.74) is 3.97. The summed E-state index contributed by atoms with van der Waals surface area (Å²) in [4.78, 5) is 12.0. The molecule has 0 bridgehead atoms. The fourth-order valence-corrected chi connectivity index (χ4v) is 2.44. The molecule has 0 atom stereocenters. The first kappa shape index (κ1) is 17.5. The van der Waals surface area contributed by atoms with Gasteiger partial charge >= 0.3 is 0 Å². The molecule has 3 aromatic carbocycles. The summed E-state index contributed by atoms with van der Waals surface area (Å²) in [5, 5.41) is 2.84. The highest BCUT2D eigenvalue weighted by Gasteiger charge is 1.99. The van der Waals surface area contributed by atoms with Crippen LogP contribution >= 0.6 is 0 Å². The van der Waals surface area contributed by atoms with E-state index in [1.54, 1.807) is 6.08 Å². The molecule has 0 aromatic heterocycles. The second-order valence-electron chi connectivity index (χ2n) is 6.04. The van der Waals surface area contributed by atoms with Crippen molar-refractivity contribution >= 4 is 17.7 Å². The number of nitrogens with one attached hydrogen (secondary N) is 1. The average Bonchev–Trinajstić information content (AvgIpc) is 2.68. The standard InChI is InChI=1S/C23H21NO2/c1-18-10-13-21(14-11-18)24-23(25)15-12-19-8-5-9-22(16-19)26-17-20-6-3-2-4-7-20/h2-16H,17H2,1H3,(H,24,25)/b15-12+. The third-order valence-corrected chi connectivity index (χ3v) is 3.85. The minimum Gasteiger partial charge on any atom is -0.489 e. The molecule has 3 nitrogen and oxygen atoms in total. The van der Waals surface area contributed by atoms with Crippen LogP contribution in [0.5, 0.6) is 5.75 Å². The Kier molecular flexibility index (Phi) is 5.84. The first-order valence-corrected chi connectivity index (χ1v) is 8.51. The van der Waals surface area contributed by atoms with Crippen LogP contribution in [-0.2, 0) is 11.4 Å².